The zero-order valence-corrected chi connectivity index (χ0v) is 9.88. The summed E-state index contributed by atoms with van der Waals surface area (Å²) < 4.78 is 0. The minimum Gasteiger partial charge on any atom is -0.269 e. The van der Waals surface area contributed by atoms with Gasteiger partial charge in [-0.3, -0.25) is 19.8 Å². The lowest BCUT2D eigenvalue weighted by Gasteiger charge is -2.19. The van der Waals surface area contributed by atoms with Crippen LogP contribution >= 0.6 is 11.8 Å². The molecule has 4 amide bonds. The summed E-state index contributed by atoms with van der Waals surface area (Å²) >= 11 is 1.85. The predicted octanol–water partition coefficient (Wildman–Crippen LogP) is 0.739. The van der Waals surface area contributed by atoms with Gasteiger partial charge in [0.1, 0.15) is 0 Å². The van der Waals surface area contributed by atoms with Crippen LogP contribution in [0.15, 0.2) is 0 Å². The summed E-state index contributed by atoms with van der Waals surface area (Å²) in [7, 11) is 0. The maximum Gasteiger partial charge on any atom is 0.331 e. The van der Waals surface area contributed by atoms with Crippen LogP contribution in [0.2, 0.25) is 0 Å². The summed E-state index contributed by atoms with van der Waals surface area (Å²) in [6.45, 7) is 2.09. The fourth-order valence-electron chi connectivity index (χ4n) is 2.28. The molecule has 1 N–H and O–H groups in total. The number of imide groups is 2. The first-order valence-corrected chi connectivity index (χ1v) is 6.48. The minimum atomic E-state index is -0.795. The van der Waals surface area contributed by atoms with Gasteiger partial charge in [0.25, 0.3) is 0 Å². The highest BCUT2D eigenvalue weighted by atomic mass is 32.2. The van der Waals surface area contributed by atoms with E-state index in [0.29, 0.717) is 5.25 Å². The first-order valence-electron chi connectivity index (χ1n) is 5.43. The third kappa shape index (κ3) is 1.93. The summed E-state index contributed by atoms with van der Waals surface area (Å²) in [5.74, 6) is -0.454. The van der Waals surface area contributed by atoms with Crippen molar-refractivity contribution < 1.29 is 14.4 Å². The number of rotatable bonds is 3. The van der Waals surface area contributed by atoms with Crippen molar-refractivity contribution in [2.75, 3.05) is 5.75 Å². The minimum absolute atomic E-state index is 0.0944. The van der Waals surface area contributed by atoms with Gasteiger partial charge in [-0.25, -0.2) is 4.79 Å². The molecule has 6 heteroatoms. The van der Waals surface area contributed by atoms with E-state index in [-0.39, 0.29) is 6.04 Å². The van der Waals surface area contributed by atoms with E-state index in [1.54, 1.807) is 0 Å². The van der Waals surface area contributed by atoms with Crippen molar-refractivity contribution in [3.8, 4) is 0 Å². The quantitative estimate of drug-likeness (QED) is 0.585. The van der Waals surface area contributed by atoms with E-state index in [2.05, 4.69) is 6.92 Å². The van der Waals surface area contributed by atoms with Crippen LogP contribution in [0.4, 0.5) is 4.79 Å². The largest absolute Gasteiger partial charge is 0.331 e. The Hall–Kier alpha value is -1.04. The maximum atomic E-state index is 11.5. The van der Waals surface area contributed by atoms with Crippen molar-refractivity contribution in [2.45, 2.75) is 37.5 Å². The van der Waals surface area contributed by atoms with Gasteiger partial charge in [0.2, 0.25) is 0 Å². The molecule has 16 heavy (non-hydrogen) atoms. The van der Waals surface area contributed by atoms with Gasteiger partial charge < -0.3 is 0 Å². The maximum absolute atomic E-state index is 11.5. The summed E-state index contributed by atoms with van der Waals surface area (Å²) in [6, 6.07) is -0.648. The van der Waals surface area contributed by atoms with Crippen molar-refractivity contribution in [1.82, 2.24) is 10.2 Å². The molecule has 2 aliphatic rings. The van der Waals surface area contributed by atoms with Crippen LogP contribution in [0.25, 0.3) is 0 Å². The van der Waals surface area contributed by atoms with Crippen molar-refractivity contribution in [3.05, 3.63) is 0 Å². The highest BCUT2D eigenvalue weighted by molar-refractivity contribution is 7.99. The number of nitrogens with one attached hydrogen (secondary N) is 1. The number of amides is 4. The van der Waals surface area contributed by atoms with Gasteiger partial charge in [-0.1, -0.05) is 6.92 Å². The Morgan fingerprint density at radius 3 is 2.69 bits per heavy atom. The van der Waals surface area contributed by atoms with Gasteiger partial charge >= 0.3 is 17.8 Å². The standard InChI is InChI=1S/C10H14N2O3S/c1-2-16-7-4-3-6(5-7)12-9(14)8(13)11-10(12)15/h6-7H,2-5H2,1H3,(H,11,13,15). The van der Waals surface area contributed by atoms with E-state index in [1.807, 2.05) is 17.1 Å². The van der Waals surface area contributed by atoms with Crippen molar-refractivity contribution in [2.24, 2.45) is 0 Å². The summed E-state index contributed by atoms with van der Waals surface area (Å²) in [4.78, 5) is 35.0. The number of carbonyl (C=O) groups excluding carboxylic acids is 3. The molecule has 5 nitrogen and oxygen atoms in total. The molecule has 1 aliphatic carbocycles. The zero-order chi connectivity index (χ0) is 11.7. The number of nitrogens with zero attached hydrogens (tertiary/aromatic N) is 1. The summed E-state index contributed by atoms with van der Waals surface area (Å²) in [5, 5.41) is 2.54. The molecule has 0 bridgehead atoms. The molecule has 1 aliphatic heterocycles. The fourth-order valence-corrected chi connectivity index (χ4v) is 3.42. The number of thioether (sulfide) groups is 1. The predicted molar refractivity (Wildman–Crippen MR) is 59.9 cm³/mol. The second kappa shape index (κ2) is 4.45. The van der Waals surface area contributed by atoms with Gasteiger partial charge in [-0.15, -0.1) is 0 Å². The molecule has 0 aromatic rings. The van der Waals surface area contributed by atoms with Crippen LogP contribution in [-0.2, 0) is 9.59 Å². The van der Waals surface area contributed by atoms with E-state index in [1.165, 1.54) is 0 Å². The van der Waals surface area contributed by atoms with E-state index in [0.717, 1.165) is 29.9 Å². The molecule has 0 aromatic heterocycles. The van der Waals surface area contributed by atoms with Crippen molar-refractivity contribution >= 4 is 29.6 Å². The molecule has 2 rings (SSSR count). The van der Waals surface area contributed by atoms with Gasteiger partial charge in [-0.2, -0.15) is 11.8 Å². The van der Waals surface area contributed by atoms with E-state index in [4.69, 9.17) is 0 Å². The Kier molecular flexibility index (Phi) is 3.18. The number of urea groups is 1. The molecule has 0 spiro atoms. The average molecular weight is 242 g/mol. The van der Waals surface area contributed by atoms with Crippen LogP contribution in [0.1, 0.15) is 26.2 Å². The molecule has 2 unspecified atom stereocenters. The highest BCUT2D eigenvalue weighted by Gasteiger charge is 2.43. The summed E-state index contributed by atoms with van der Waals surface area (Å²) in [6.07, 6.45) is 2.63. The van der Waals surface area contributed by atoms with Crippen LogP contribution in [-0.4, -0.2) is 39.8 Å². The molecule has 1 saturated carbocycles. The molecule has 1 saturated heterocycles. The van der Waals surface area contributed by atoms with Crippen LogP contribution in [0.5, 0.6) is 0 Å². The highest BCUT2D eigenvalue weighted by Crippen LogP contribution is 2.33. The number of carbonyl (C=O) groups is 3. The fraction of sp³-hybridized carbons (Fsp3) is 0.700. The van der Waals surface area contributed by atoms with Gasteiger partial charge in [0.05, 0.1) is 0 Å². The van der Waals surface area contributed by atoms with Gasteiger partial charge in [0, 0.05) is 11.3 Å². The lowest BCUT2D eigenvalue weighted by Crippen LogP contribution is -2.39. The average Bonchev–Trinajstić information content (AvgIpc) is 2.75. The lowest BCUT2D eigenvalue weighted by molar-refractivity contribution is -0.141. The Labute approximate surface area is 97.9 Å². The van der Waals surface area contributed by atoms with Gasteiger partial charge in [0.15, 0.2) is 0 Å². The zero-order valence-electron chi connectivity index (χ0n) is 9.06. The molecule has 1 heterocycles. The van der Waals surface area contributed by atoms with Crippen LogP contribution < -0.4 is 5.32 Å². The number of hydrogen-bond acceptors (Lipinski definition) is 4. The van der Waals surface area contributed by atoms with Crippen molar-refractivity contribution in [1.29, 1.82) is 0 Å². The topological polar surface area (TPSA) is 66.5 Å². The molecule has 0 radical (unpaired) electrons. The van der Waals surface area contributed by atoms with Gasteiger partial charge in [-0.05, 0) is 25.0 Å². The molecule has 2 fully saturated rings. The third-order valence-corrected chi connectivity index (χ3v) is 4.21. The normalized spacial score (nSPS) is 30.1. The smallest absolute Gasteiger partial charge is 0.269 e. The van der Waals surface area contributed by atoms with E-state index in [9.17, 15) is 14.4 Å². The van der Waals surface area contributed by atoms with E-state index >= 15 is 0 Å². The Morgan fingerprint density at radius 2 is 2.12 bits per heavy atom. The Balaban J connectivity index is 2.01. The molecular weight excluding hydrogens is 228 g/mol. The molecule has 0 aromatic carbocycles. The third-order valence-electron chi connectivity index (χ3n) is 2.98. The Bertz CT molecular complexity index is 345. The second-order valence-electron chi connectivity index (χ2n) is 3.98. The summed E-state index contributed by atoms with van der Waals surface area (Å²) in [5.41, 5.74) is 0. The SMILES string of the molecule is CCSC1CCC(N2C(=O)NC(=O)C2=O)C1. The molecular formula is C10H14N2O3S. The first kappa shape index (κ1) is 11.4. The van der Waals surface area contributed by atoms with Crippen molar-refractivity contribution in [3.63, 3.8) is 0 Å². The van der Waals surface area contributed by atoms with Crippen LogP contribution in [0, 0.1) is 0 Å². The molecule has 88 valence electrons. The van der Waals surface area contributed by atoms with Crippen LogP contribution in [0.3, 0.4) is 0 Å². The molecule has 2 atom stereocenters. The second-order valence-corrected chi connectivity index (χ2v) is 5.56. The lowest BCUT2D eigenvalue weighted by atomic mass is 10.2. The number of hydrogen-bond donors (Lipinski definition) is 1. The van der Waals surface area contributed by atoms with E-state index < -0.39 is 17.8 Å². The first-order chi connectivity index (χ1) is 7.63. The monoisotopic (exact) mass is 242 g/mol. The Morgan fingerprint density at radius 1 is 1.38 bits per heavy atom.